The van der Waals surface area contributed by atoms with Crippen LogP contribution in [-0.4, -0.2) is 42.3 Å². The van der Waals surface area contributed by atoms with Crippen molar-refractivity contribution in [1.29, 1.82) is 0 Å². The number of benzene rings is 1. The summed E-state index contributed by atoms with van der Waals surface area (Å²) in [6.07, 6.45) is 5.20. The summed E-state index contributed by atoms with van der Waals surface area (Å²) >= 11 is 0. The van der Waals surface area contributed by atoms with Crippen molar-refractivity contribution < 1.29 is 19.1 Å². The van der Waals surface area contributed by atoms with Gasteiger partial charge in [-0.1, -0.05) is 0 Å². The first-order chi connectivity index (χ1) is 13.5. The lowest BCUT2D eigenvalue weighted by atomic mass is 10.2. The molecule has 0 atom stereocenters. The molecule has 0 saturated heterocycles. The number of anilines is 1. The first-order valence-electron chi connectivity index (χ1n) is 8.61. The SMILES string of the molecule is COc1cc(N/C(=C\[N+](=O)[O-])NCCCn2cncc2C)cc(OC)c1OC. The molecule has 0 saturated carbocycles. The molecule has 152 valence electrons. The summed E-state index contributed by atoms with van der Waals surface area (Å²) in [5, 5.41) is 17.0. The van der Waals surface area contributed by atoms with Crippen molar-refractivity contribution in [2.45, 2.75) is 19.9 Å². The Morgan fingerprint density at radius 3 is 2.43 bits per heavy atom. The van der Waals surface area contributed by atoms with Gasteiger partial charge in [-0.15, -0.1) is 0 Å². The topological polar surface area (TPSA) is 113 Å². The third kappa shape index (κ3) is 5.53. The van der Waals surface area contributed by atoms with E-state index in [9.17, 15) is 10.1 Å². The average molecular weight is 391 g/mol. The fraction of sp³-hybridized carbons (Fsp3) is 0.389. The number of hydrogen-bond donors (Lipinski definition) is 2. The second-order valence-corrected chi connectivity index (χ2v) is 5.88. The average Bonchev–Trinajstić information content (AvgIpc) is 3.08. The van der Waals surface area contributed by atoms with Gasteiger partial charge < -0.3 is 29.4 Å². The number of aryl methyl sites for hydroxylation is 2. The lowest BCUT2D eigenvalue weighted by molar-refractivity contribution is -0.403. The third-order valence-electron chi connectivity index (χ3n) is 3.99. The van der Waals surface area contributed by atoms with E-state index in [0.717, 1.165) is 24.9 Å². The maximum Gasteiger partial charge on any atom is 0.274 e. The number of nitrogens with zero attached hydrogens (tertiary/aromatic N) is 3. The quantitative estimate of drug-likeness (QED) is 0.341. The molecule has 0 aliphatic heterocycles. The molecule has 0 fully saturated rings. The molecule has 1 aromatic heterocycles. The number of rotatable bonds is 11. The van der Waals surface area contributed by atoms with Gasteiger partial charge in [0.1, 0.15) is 0 Å². The number of nitro groups is 1. The first kappa shape index (κ1) is 20.9. The van der Waals surface area contributed by atoms with Gasteiger partial charge in [0.25, 0.3) is 6.20 Å². The van der Waals surface area contributed by atoms with Crippen LogP contribution in [0.1, 0.15) is 12.1 Å². The predicted molar refractivity (Wildman–Crippen MR) is 104 cm³/mol. The summed E-state index contributed by atoms with van der Waals surface area (Å²) < 4.78 is 17.9. The normalized spacial score (nSPS) is 11.1. The van der Waals surface area contributed by atoms with Gasteiger partial charge in [0, 0.05) is 42.8 Å². The summed E-state index contributed by atoms with van der Waals surface area (Å²) in [7, 11) is 4.52. The van der Waals surface area contributed by atoms with E-state index in [0.29, 0.717) is 29.5 Å². The van der Waals surface area contributed by atoms with E-state index in [-0.39, 0.29) is 5.82 Å². The Kier molecular flexibility index (Phi) is 7.49. The third-order valence-corrected chi connectivity index (χ3v) is 3.99. The van der Waals surface area contributed by atoms with Crippen molar-refractivity contribution in [3.8, 4) is 17.2 Å². The first-order valence-corrected chi connectivity index (χ1v) is 8.61. The molecule has 10 nitrogen and oxygen atoms in total. The van der Waals surface area contributed by atoms with E-state index >= 15 is 0 Å². The molecule has 0 bridgehead atoms. The molecule has 0 unspecified atom stereocenters. The van der Waals surface area contributed by atoms with Crippen LogP contribution in [0.3, 0.4) is 0 Å². The number of aromatic nitrogens is 2. The fourth-order valence-corrected chi connectivity index (χ4v) is 2.63. The molecule has 0 amide bonds. The van der Waals surface area contributed by atoms with Crippen molar-refractivity contribution in [1.82, 2.24) is 14.9 Å². The van der Waals surface area contributed by atoms with E-state index in [2.05, 4.69) is 15.6 Å². The Labute approximate surface area is 163 Å². The number of hydrogen-bond acceptors (Lipinski definition) is 8. The van der Waals surface area contributed by atoms with Crippen LogP contribution < -0.4 is 24.8 Å². The van der Waals surface area contributed by atoms with Crippen LogP contribution in [0.4, 0.5) is 5.69 Å². The molecule has 0 aliphatic rings. The Morgan fingerprint density at radius 2 is 1.93 bits per heavy atom. The molecule has 10 heteroatoms. The Bertz CT molecular complexity index is 809. The molecule has 2 N–H and O–H groups in total. The molecule has 1 aromatic carbocycles. The second kappa shape index (κ2) is 10.0. The van der Waals surface area contributed by atoms with Crippen LogP contribution in [0.25, 0.3) is 0 Å². The zero-order chi connectivity index (χ0) is 20.5. The summed E-state index contributed by atoms with van der Waals surface area (Å²) in [5.41, 5.74) is 1.62. The lowest BCUT2D eigenvalue weighted by Gasteiger charge is -2.16. The van der Waals surface area contributed by atoms with Gasteiger partial charge in [-0.2, -0.15) is 0 Å². The predicted octanol–water partition coefficient (Wildman–Crippen LogP) is 2.38. The number of ether oxygens (including phenoxy) is 3. The Balaban J connectivity index is 2.07. The van der Waals surface area contributed by atoms with Crippen LogP contribution in [-0.2, 0) is 6.54 Å². The monoisotopic (exact) mass is 391 g/mol. The summed E-state index contributed by atoms with van der Waals surface area (Å²) in [5.74, 6) is 1.58. The highest BCUT2D eigenvalue weighted by Crippen LogP contribution is 2.40. The van der Waals surface area contributed by atoms with Gasteiger partial charge in [0.15, 0.2) is 17.3 Å². The van der Waals surface area contributed by atoms with Crippen LogP contribution in [0.5, 0.6) is 17.2 Å². The van der Waals surface area contributed by atoms with Gasteiger partial charge in [-0.05, 0) is 13.3 Å². The minimum absolute atomic E-state index is 0.252. The van der Waals surface area contributed by atoms with Gasteiger partial charge in [-0.25, -0.2) is 4.98 Å². The van der Waals surface area contributed by atoms with E-state index in [1.165, 1.54) is 21.3 Å². The standard InChI is InChI=1S/C18H25N5O5/c1-13-10-19-12-22(13)7-5-6-20-17(11-23(24)25)21-14-8-15(26-2)18(28-4)16(9-14)27-3/h8-12,20-21H,5-7H2,1-4H3/b17-11-. The lowest BCUT2D eigenvalue weighted by Crippen LogP contribution is -2.23. The summed E-state index contributed by atoms with van der Waals surface area (Å²) in [6.45, 7) is 3.27. The Morgan fingerprint density at radius 1 is 1.25 bits per heavy atom. The molecule has 0 aliphatic carbocycles. The maximum absolute atomic E-state index is 11.0. The van der Waals surface area contributed by atoms with Crippen LogP contribution >= 0.6 is 0 Å². The fourth-order valence-electron chi connectivity index (χ4n) is 2.63. The van der Waals surface area contributed by atoms with Gasteiger partial charge in [0.2, 0.25) is 5.75 Å². The van der Waals surface area contributed by atoms with Crippen LogP contribution in [0.2, 0.25) is 0 Å². The number of nitrogens with one attached hydrogen (secondary N) is 2. The van der Waals surface area contributed by atoms with Crippen molar-refractivity contribution in [2.24, 2.45) is 0 Å². The molecular formula is C18H25N5O5. The summed E-state index contributed by atoms with van der Waals surface area (Å²) in [4.78, 5) is 14.5. The van der Waals surface area contributed by atoms with E-state index in [1.807, 2.05) is 11.5 Å². The number of imidazole rings is 1. The van der Waals surface area contributed by atoms with Crippen LogP contribution in [0, 0.1) is 17.0 Å². The van der Waals surface area contributed by atoms with Crippen LogP contribution in [0.15, 0.2) is 36.7 Å². The minimum Gasteiger partial charge on any atom is -0.493 e. The molecular weight excluding hydrogens is 366 g/mol. The minimum atomic E-state index is -0.521. The molecule has 2 rings (SSSR count). The van der Waals surface area contributed by atoms with Crippen molar-refractivity contribution in [2.75, 3.05) is 33.2 Å². The molecule has 0 spiro atoms. The Hall–Kier alpha value is -3.43. The van der Waals surface area contributed by atoms with Crippen molar-refractivity contribution >= 4 is 5.69 Å². The molecule has 28 heavy (non-hydrogen) atoms. The second-order valence-electron chi connectivity index (χ2n) is 5.88. The van der Waals surface area contributed by atoms with E-state index in [4.69, 9.17) is 14.2 Å². The van der Waals surface area contributed by atoms with Crippen molar-refractivity contribution in [3.05, 3.63) is 52.5 Å². The van der Waals surface area contributed by atoms with Crippen molar-refractivity contribution in [3.63, 3.8) is 0 Å². The largest absolute Gasteiger partial charge is 0.493 e. The van der Waals surface area contributed by atoms with Gasteiger partial charge in [0.05, 0.1) is 32.6 Å². The van der Waals surface area contributed by atoms with E-state index in [1.54, 1.807) is 24.7 Å². The number of methoxy groups -OCH3 is 3. The van der Waals surface area contributed by atoms with Gasteiger partial charge in [-0.3, -0.25) is 10.1 Å². The van der Waals surface area contributed by atoms with E-state index < -0.39 is 4.92 Å². The zero-order valence-corrected chi connectivity index (χ0v) is 16.4. The highest BCUT2D eigenvalue weighted by atomic mass is 16.6. The highest BCUT2D eigenvalue weighted by molar-refractivity contribution is 5.63. The highest BCUT2D eigenvalue weighted by Gasteiger charge is 2.14. The molecule has 2 aromatic rings. The smallest absolute Gasteiger partial charge is 0.274 e. The zero-order valence-electron chi connectivity index (χ0n) is 16.4. The molecule has 1 heterocycles. The van der Waals surface area contributed by atoms with Gasteiger partial charge >= 0.3 is 0 Å². The molecule has 0 radical (unpaired) electrons. The maximum atomic E-state index is 11.0. The summed E-state index contributed by atoms with van der Waals surface area (Å²) in [6, 6.07) is 3.34.